The van der Waals surface area contributed by atoms with Crippen molar-refractivity contribution < 1.29 is 9.59 Å². The van der Waals surface area contributed by atoms with E-state index in [-0.39, 0.29) is 17.7 Å². The Morgan fingerprint density at radius 1 is 1.20 bits per heavy atom. The summed E-state index contributed by atoms with van der Waals surface area (Å²) in [4.78, 5) is 30.7. The van der Waals surface area contributed by atoms with Crippen molar-refractivity contribution >= 4 is 11.8 Å². The van der Waals surface area contributed by atoms with E-state index in [1.807, 2.05) is 42.1 Å². The van der Waals surface area contributed by atoms with Crippen LogP contribution in [0.4, 0.5) is 0 Å². The van der Waals surface area contributed by atoms with E-state index < -0.39 is 0 Å². The average Bonchev–Trinajstić information content (AvgIpc) is 2.98. The number of carbonyl (C=O) groups excluding carboxylic acids is 2. The van der Waals surface area contributed by atoms with Gasteiger partial charge in [0.15, 0.2) is 0 Å². The third-order valence-electron chi connectivity index (χ3n) is 4.60. The van der Waals surface area contributed by atoms with E-state index in [2.05, 4.69) is 12.1 Å². The molecule has 2 rings (SSSR count). The lowest BCUT2D eigenvalue weighted by Gasteiger charge is -2.25. The summed E-state index contributed by atoms with van der Waals surface area (Å²) in [6.07, 6.45) is 1.12. The maximum atomic E-state index is 12.9. The second-order valence-corrected chi connectivity index (χ2v) is 6.89. The molecule has 2 N–H and O–H groups in total. The van der Waals surface area contributed by atoms with Crippen molar-refractivity contribution in [3.8, 4) is 0 Å². The smallest absolute Gasteiger partial charge is 0.228 e. The number of carbonyl (C=O) groups is 2. The number of nitrogens with two attached hydrogens (primary N) is 1. The Bertz CT molecular complexity index is 562. The summed E-state index contributed by atoms with van der Waals surface area (Å²) in [5, 5.41) is 0. The summed E-state index contributed by atoms with van der Waals surface area (Å²) in [6, 6.07) is 10.1. The van der Waals surface area contributed by atoms with Crippen LogP contribution in [0.15, 0.2) is 30.3 Å². The van der Waals surface area contributed by atoms with Crippen LogP contribution >= 0.6 is 0 Å². The topological polar surface area (TPSA) is 69.9 Å². The third kappa shape index (κ3) is 5.83. The first kappa shape index (κ1) is 19.4. The molecular formula is C19H30N4O2. The first-order chi connectivity index (χ1) is 12.0. The molecule has 1 aromatic rings. The normalized spacial score (nSPS) is 17.4. The SMILES string of the molecule is CN(C)CCN1CC(C(=O)N(CCN)CCc2ccccc2)CC1=O. The Balaban J connectivity index is 1.91. The summed E-state index contributed by atoms with van der Waals surface area (Å²) in [6.45, 7) is 3.63. The largest absolute Gasteiger partial charge is 0.341 e. The summed E-state index contributed by atoms with van der Waals surface area (Å²) in [5.74, 6) is -0.102. The van der Waals surface area contributed by atoms with E-state index in [1.165, 1.54) is 5.56 Å². The zero-order valence-electron chi connectivity index (χ0n) is 15.4. The molecule has 1 aliphatic heterocycles. The van der Waals surface area contributed by atoms with Gasteiger partial charge in [0, 0.05) is 45.7 Å². The van der Waals surface area contributed by atoms with Crippen LogP contribution in [0.5, 0.6) is 0 Å². The number of amides is 2. The first-order valence-electron chi connectivity index (χ1n) is 8.96. The van der Waals surface area contributed by atoms with Crippen LogP contribution in [0, 0.1) is 5.92 Å². The monoisotopic (exact) mass is 346 g/mol. The van der Waals surface area contributed by atoms with E-state index >= 15 is 0 Å². The Kier molecular flexibility index (Phi) is 7.40. The molecule has 0 spiro atoms. The number of rotatable bonds is 9. The van der Waals surface area contributed by atoms with Gasteiger partial charge in [-0.05, 0) is 26.1 Å². The maximum absolute atomic E-state index is 12.9. The number of likely N-dealkylation sites (N-methyl/N-ethyl adjacent to an activating group) is 1. The summed E-state index contributed by atoms with van der Waals surface area (Å²) in [5.41, 5.74) is 6.90. The van der Waals surface area contributed by atoms with Crippen LogP contribution in [-0.2, 0) is 16.0 Å². The lowest BCUT2D eigenvalue weighted by Crippen LogP contribution is -2.41. The molecule has 1 heterocycles. The molecule has 0 aliphatic carbocycles. The van der Waals surface area contributed by atoms with Crippen molar-refractivity contribution in [2.45, 2.75) is 12.8 Å². The van der Waals surface area contributed by atoms with Gasteiger partial charge in [0.05, 0.1) is 5.92 Å². The predicted molar refractivity (Wildman–Crippen MR) is 99.0 cm³/mol. The van der Waals surface area contributed by atoms with Gasteiger partial charge in [-0.1, -0.05) is 30.3 Å². The number of nitrogens with zero attached hydrogens (tertiary/aromatic N) is 3. The minimum atomic E-state index is -0.239. The van der Waals surface area contributed by atoms with Crippen molar-refractivity contribution in [1.82, 2.24) is 14.7 Å². The van der Waals surface area contributed by atoms with Gasteiger partial charge in [0.25, 0.3) is 0 Å². The molecule has 0 bridgehead atoms. The van der Waals surface area contributed by atoms with Crippen LogP contribution < -0.4 is 5.73 Å². The Morgan fingerprint density at radius 2 is 1.92 bits per heavy atom. The molecule has 138 valence electrons. The molecule has 1 atom stereocenters. The van der Waals surface area contributed by atoms with E-state index in [0.29, 0.717) is 39.1 Å². The summed E-state index contributed by atoms with van der Waals surface area (Å²) >= 11 is 0. The molecule has 1 aromatic carbocycles. The lowest BCUT2D eigenvalue weighted by atomic mass is 10.1. The molecule has 0 saturated carbocycles. The van der Waals surface area contributed by atoms with Gasteiger partial charge in [-0.25, -0.2) is 0 Å². The van der Waals surface area contributed by atoms with Gasteiger partial charge in [-0.3, -0.25) is 9.59 Å². The fraction of sp³-hybridized carbons (Fsp3) is 0.579. The van der Waals surface area contributed by atoms with Crippen molar-refractivity contribution in [3.63, 3.8) is 0 Å². The van der Waals surface area contributed by atoms with Crippen LogP contribution in [0.3, 0.4) is 0 Å². The molecule has 6 nitrogen and oxygen atoms in total. The molecule has 2 amide bonds. The van der Waals surface area contributed by atoms with Gasteiger partial charge in [0.2, 0.25) is 11.8 Å². The highest BCUT2D eigenvalue weighted by Gasteiger charge is 2.36. The van der Waals surface area contributed by atoms with Gasteiger partial charge >= 0.3 is 0 Å². The fourth-order valence-corrected chi connectivity index (χ4v) is 3.13. The highest BCUT2D eigenvalue weighted by molar-refractivity contribution is 5.89. The van der Waals surface area contributed by atoms with Gasteiger partial charge in [-0.15, -0.1) is 0 Å². The average molecular weight is 346 g/mol. The second kappa shape index (κ2) is 9.53. The zero-order chi connectivity index (χ0) is 18.2. The van der Waals surface area contributed by atoms with Gasteiger partial charge in [-0.2, -0.15) is 0 Å². The van der Waals surface area contributed by atoms with E-state index in [0.717, 1.165) is 13.0 Å². The van der Waals surface area contributed by atoms with E-state index in [4.69, 9.17) is 5.73 Å². The molecule has 1 saturated heterocycles. The second-order valence-electron chi connectivity index (χ2n) is 6.89. The third-order valence-corrected chi connectivity index (χ3v) is 4.60. The van der Waals surface area contributed by atoms with Crippen LogP contribution in [-0.4, -0.2) is 79.9 Å². The quantitative estimate of drug-likeness (QED) is 0.704. The Morgan fingerprint density at radius 3 is 2.56 bits per heavy atom. The minimum absolute atomic E-state index is 0.0575. The predicted octanol–water partition coefficient (Wildman–Crippen LogP) is 0.427. The summed E-state index contributed by atoms with van der Waals surface area (Å²) in [7, 11) is 3.96. The molecular weight excluding hydrogens is 316 g/mol. The number of hydrogen-bond acceptors (Lipinski definition) is 4. The molecule has 25 heavy (non-hydrogen) atoms. The van der Waals surface area contributed by atoms with Crippen LogP contribution in [0.25, 0.3) is 0 Å². The maximum Gasteiger partial charge on any atom is 0.228 e. The van der Waals surface area contributed by atoms with E-state index in [9.17, 15) is 9.59 Å². The highest BCUT2D eigenvalue weighted by Crippen LogP contribution is 2.20. The highest BCUT2D eigenvalue weighted by atomic mass is 16.2. The number of benzene rings is 1. The number of hydrogen-bond donors (Lipinski definition) is 1. The van der Waals surface area contributed by atoms with Gasteiger partial charge < -0.3 is 20.4 Å². The molecule has 0 radical (unpaired) electrons. The Labute approximate surface area is 150 Å². The number of likely N-dealkylation sites (tertiary alicyclic amines) is 1. The van der Waals surface area contributed by atoms with E-state index in [1.54, 1.807) is 4.90 Å². The molecule has 1 aliphatic rings. The summed E-state index contributed by atoms with van der Waals surface area (Å²) < 4.78 is 0. The van der Waals surface area contributed by atoms with Crippen molar-refractivity contribution in [3.05, 3.63) is 35.9 Å². The van der Waals surface area contributed by atoms with Crippen molar-refractivity contribution in [2.24, 2.45) is 11.7 Å². The Hall–Kier alpha value is -1.92. The molecule has 1 fully saturated rings. The standard InChI is InChI=1S/C19H30N4O2/c1-21(2)12-13-23-15-17(14-18(23)24)19(25)22(11-9-20)10-8-16-6-4-3-5-7-16/h3-7,17H,8-15,20H2,1-2H3. The van der Waals surface area contributed by atoms with Gasteiger partial charge in [0.1, 0.15) is 0 Å². The first-order valence-corrected chi connectivity index (χ1v) is 8.96. The van der Waals surface area contributed by atoms with Crippen molar-refractivity contribution in [1.29, 1.82) is 0 Å². The van der Waals surface area contributed by atoms with Crippen LogP contribution in [0.2, 0.25) is 0 Å². The van der Waals surface area contributed by atoms with Crippen molar-refractivity contribution in [2.75, 3.05) is 53.4 Å². The fourth-order valence-electron chi connectivity index (χ4n) is 3.13. The molecule has 0 aromatic heterocycles. The van der Waals surface area contributed by atoms with Crippen LogP contribution in [0.1, 0.15) is 12.0 Å². The lowest BCUT2D eigenvalue weighted by molar-refractivity contribution is -0.135. The molecule has 6 heteroatoms. The zero-order valence-corrected chi connectivity index (χ0v) is 15.4. The molecule has 1 unspecified atom stereocenters. The minimum Gasteiger partial charge on any atom is -0.341 e.